The maximum absolute atomic E-state index is 12.3. The van der Waals surface area contributed by atoms with Crippen LogP contribution in [0.4, 0.5) is 11.4 Å². The highest BCUT2D eigenvalue weighted by Gasteiger charge is 2.22. The number of aryl methyl sites for hydroxylation is 1. The van der Waals surface area contributed by atoms with E-state index in [1.807, 2.05) is 36.4 Å². The number of rotatable bonds is 5. The largest absolute Gasteiger partial charge is 0.312 e. The van der Waals surface area contributed by atoms with Crippen LogP contribution in [0.2, 0.25) is 0 Å². The minimum Gasteiger partial charge on any atom is -0.312 e. The van der Waals surface area contributed by atoms with Crippen molar-refractivity contribution >= 4 is 27.3 Å². The molecule has 0 aromatic heterocycles. The first-order chi connectivity index (χ1) is 11.4. The Morgan fingerprint density at radius 2 is 1.92 bits per heavy atom. The maximum Gasteiger partial charge on any atom is 0.233 e. The van der Waals surface area contributed by atoms with Crippen molar-refractivity contribution in [3.63, 3.8) is 0 Å². The van der Waals surface area contributed by atoms with E-state index in [0.29, 0.717) is 18.7 Å². The van der Waals surface area contributed by atoms with Gasteiger partial charge < -0.3 is 4.90 Å². The topological polar surface area (TPSA) is 66.5 Å². The lowest BCUT2D eigenvalue weighted by atomic mass is 10.1. The van der Waals surface area contributed by atoms with Gasteiger partial charge in [-0.15, -0.1) is 0 Å². The van der Waals surface area contributed by atoms with E-state index in [4.69, 9.17) is 0 Å². The second-order valence-corrected chi connectivity index (χ2v) is 7.76. The molecule has 126 valence electrons. The summed E-state index contributed by atoms with van der Waals surface area (Å²) in [5, 5.41) is 0. The van der Waals surface area contributed by atoms with E-state index in [1.54, 1.807) is 17.0 Å². The van der Waals surface area contributed by atoms with Gasteiger partial charge >= 0.3 is 0 Å². The average molecular weight is 344 g/mol. The minimum absolute atomic E-state index is 0.00458. The standard InChI is InChI=1S/C18H20N2O3S/c1-14(21)20-11-9-16-13-17(7-8-18(16)20)19-24(22,23)12-10-15-5-3-2-4-6-15/h2-8,13,19H,9-12H2,1H3. The molecule has 1 N–H and O–H groups in total. The Balaban J connectivity index is 1.68. The molecule has 0 saturated carbocycles. The van der Waals surface area contributed by atoms with Gasteiger partial charge in [0.2, 0.25) is 15.9 Å². The number of fused-ring (bicyclic) bond motifs is 1. The number of carbonyl (C=O) groups excluding carboxylic acids is 1. The molecule has 0 saturated heterocycles. The molecular weight excluding hydrogens is 324 g/mol. The highest BCUT2D eigenvalue weighted by Crippen LogP contribution is 2.30. The number of amides is 1. The quantitative estimate of drug-likeness (QED) is 0.906. The Labute approximate surface area is 142 Å². The van der Waals surface area contributed by atoms with Crippen LogP contribution in [0.3, 0.4) is 0 Å². The van der Waals surface area contributed by atoms with Crippen LogP contribution in [-0.4, -0.2) is 26.6 Å². The van der Waals surface area contributed by atoms with Crippen LogP contribution in [0.5, 0.6) is 0 Å². The molecule has 3 rings (SSSR count). The molecule has 0 fully saturated rings. The number of carbonyl (C=O) groups is 1. The average Bonchev–Trinajstić information content (AvgIpc) is 2.97. The normalized spacial score (nSPS) is 13.6. The van der Waals surface area contributed by atoms with E-state index in [0.717, 1.165) is 23.2 Å². The molecule has 5 nitrogen and oxygen atoms in total. The molecule has 1 aliphatic rings. The molecule has 2 aromatic carbocycles. The van der Waals surface area contributed by atoms with Crippen LogP contribution in [0.15, 0.2) is 48.5 Å². The van der Waals surface area contributed by atoms with E-state index in [9.17, 15) is 13.2 Å². The monoisotopic (exact) mass is 344 g/mol. The molecule has 0 bridgehead atoms. The van der Waals surface area contributed by atoms with Crippen molar-refractivity contribution in [2.45, 2.75) is 19.8 Å². The first-order valence-electron chi connectivity index (χ1n) is 7.90. The van der Waals surface area contributed by atoms with Crippen molar-refractivity contribution < 1.29 is 13.2 Å². The summed E-state index contributed by atoms with van der Waals surface area (Å²) in [6.45, 7) is 2.18. The Morgan fingerprint density at radius 1 is 1.17 bits per heavy atom. The van der Waals surface area contributed by atoms with E-state index in [2.05, 4.69) is 4.72 Å². The van der Waals surface area contributed by atoms with Gasteiger partial charge in [0.1, 0.15) is 0 Å². The van der Waals surface area contributed by atoms with Crippen molar-refractivity contribution in [3.05, 3.63) is 59.7 Å². The highest BCUT2D eigenvalue weighted by atomic mass is 32.2. The van der Waals surface area contributed by atoms with Crippen molar-refractivity contribution in [1.29, 1.82) is 0 Å². The van der Waals surface area contributed by atoms with Crippen LogP contribution in [0.25, 0.3) is 0 Å². The molecule has 24 heavy (non-hydrogen) atoms. The zero-order valence-corrected chi connectivity index (χ0v) is 14.3. The molecular formula is C18H20N2O3S. The lowest BCUT2D eigenvalue weighted by Crippen LogP contribution is -2.25. The summed E-state index contributed by atoms with van der Waals surface area (Å²) in [5.74, 6) is 0.0400. The fourth-order valence-electron chi connectivity index (χ4n) is 2.92. The molecule has 0 atom stereocenters. The molecule has 0 radical (unpaired) electrons. The predicted molar refractivity (Wildman–Crippen MR) is 95.7 cm³/mol. The highest BCUT2D eigenvalue weighted by molar-refractivity contribution is 7.92. The third kappa shape index (κ3) is 3.76. The molecule has 1 heterocycles. The molecule has 6 heteroatoms. The fourth-order valence-corrected chi connectivity index (χ4v) is 4.01. The number of hydrogen-bond acceptors (Lipinski definition) is 3. The van der Waals surface area contributed by atoms with Gasteiger partial charge in [0.25, 0.3) is 0 Å². The molecule has 0 aliphatic carbocycles. The smallest absolute Gasteiger partial charge is 0.233 e. The third-order valence-electron chi connectivity index (χ3n) is 4.13. The molecule has 0 unspecified atom stereocenters. The van der Waals surface area contributed by atoms with Crippen LogP contribution >= 0.6 is 0 Å². The second-order valence-electron chi connectivity index (χ2n) is 5.92. The molecule has 1 aliphatic heterocycles. The van der Waals surface area contributed by atoms with Crippen LogP contribution in [-0.2, 0) is 27.7 Å². The molecule has 0 spiro atoms. The zero-order valence-electron chi connectivity index (χ0n) is 13.5. The zero-order chi connectivity index (χ0) is 17.2. The van der Waals surface area contributed by atoms with Gasteiger partial charge in [-0.1, -0.05) is 30.3 Å². The van der Waals surface area contributed by atoms with E-state index >= 15 is 0 Å². The predicted octanol–water partition coefficient (Wildman–Crippen LogP) is 2.58. The summed E-state index contributed by atoms with van der Waals surface area (Å²) in [6, 6.07) is 14.9. The number of nitrogens with zero attached hydrogens (tertiary/aromatic N) is 1. The number of anilines is 2. The minimum atomic E-state index is -3.41. The Morgan fingerprint density at radius 3 is 2.62 bits per heavy atom. The van der Waals surface area contributed by atoms with Crippen molar-refractivity contribution in [2.75, 3.05) is 21.9 Å². The summed E-state index contributed by atoms with van der Waals surface area (Å²) < 4.78 is 27.2. The van der Waals surface area contributed by atoms with Gasteiger partial charge in [0.05, 0.1) is 5.75 Å². The number of hydrogen-bond donors (Lipinski definition) is 1. The lowest BCUT2D eigenvalue weighted by Gasteiger charge is -2.15. The van der Waals surface area contributed by atoms with Gasteiger partial charge in [-0.05, 0) is 42.2 Å². The van der Waals surface area contributed by atoms with E-state index in [1.165, 1.54) is 6.92 Å². The van der Waals surface area contributed by atoms with Gasteiger partial charge in [-0.2, -0.15) is 0 Å². The SMILES string of the molecule is CC(=O)N1CCc2cc(NS(=O)(=O)CCc3ccccc3)ccc21. The summed E-state index contributed by atoms with van der Waals surface area (Å²) in [7, 11) is -3.41. The van der Waals surface area contributed by atoms with Crippen molar-refractivity contribution in [1.82, 2.24) is 0 Å². The van der Waals surface area contributed by atoms with Gasteiger partial charge in [-0.25, -0.2) is 8.42 Å². The molecule has 1 amide bonds. The first-order valence-corrected chi connectivity index (χ1v) is 9.55. The Bertz CT molecular complexity index is 848. The lowest BCUT2D eigenvalue weighted by molar-refractivity contribution is -0.116. The Hall–Kier alpha value is -2.34. The third-order valence-corrected chi connectivity index (χ3v) is 5.42. The molecule has 2 aromatic rings. The van der Waals surface area contributed by atoms with Crippen LogP contribution in [0.1, 0.15) is 18.1 Å². The summed E-state index contributed by atoms with van der Waals surface area (Å²) >= 11 is 0. The number of benzene rings is 2. The number of nitrogens with one attached hydrogen (secondary N) is 1. The first kappa shape index (κ1) is 16.5. The Kier molecular flexibility index (Phi) is 4.57. The van der Waals surface area contributed by atoms with E-state index in [-0.39, 0.29) is 11.7 Å². The fraction of sp³-hybridized carbons (Fsp3) is 0.278. The summed E-state index contributed by atoms with van der Waals surface area (Å²) in [4.78, 5) is 13.3. The van der Waals surface area contributed by atoms with E-state index < -0.39 is 10.0 Å². The summed E-state index contributed by atoms with van der Waals surface area (Å²) in [5.41, 5.74) is 3.41. The van der Waals surface area contributed by atoms with Gasteiger partial charge in [0, 0.05) is 24.8 Å². The summed E-state index contributed by atoms with van der Waals surface area (Å²) in [6.07, 6.45) is 1.22. The van der Waals surface area contributed by atoms with Gasteiger partial charge in [0.15, 0.2) is 0 Å². The number of sulfonamides is 1. The van der Waals surface area contributed by atoms with Crippen LogP contribution in [0, 0.1) is 0 Å². The van der Waals surface area contributed by atoms with Crippen molar-refractivity contribution in [3.8, 4) is 0 Å². The van der Waals surface area contributed by atoms with Crippen LogP contribution < -0.4 is 9.62 Å². The maximum atomic E-state index is 12.3. The van der Waals surface area contributed by atoms with Crippen molar-refractivity contribution in [2.24, 2.45) is 0 Å². The second kappa shape index (κ2) is 6.65. The van der Waals surface area contributed by atoms with Gasteiger partial charge in [-0.3, -0.25) is 9.52 Å².